The van der Waals surface area contributed by atoms with Gasteiger partial charge in [0.05, 0.1) is 38.1 Å². The molecule has 8 nitrogen and oxygen atoms in total. The number of nitrogens with zero attached hydrogens (tertiary/aromatic N) is 1. The lowest BCUT2D eigenvalue weighted by Crippen LogP contribution is -2.50. The number of aromatic nitrogens is 1. The SMILES string of the molecule is COc1ccc(Oc2ccc(CNC(=O)C3(NC(=O)C4CCOC4)CC3)nc2)c(C(F)(F)F)c1. The van der Waals surface area contributed by atoms with E-state index >= 15 is 0 Å². The van der Waals surface area contributed by atoms with Gasteiger partial charge in [0.2, 0.25) is 11.8 Å². The molecule has 2 N–H and O–H groups in total. The first-order valence-corrected chi connectivity index (χ1v) is 10.8. The first-order valence-electron chi connectivity index (χ1n) is 10.8. The number of ether oxygens (including phenoxy) is 3. The van der Waals surface area contributed by atoms with Crippen molar-refractivity contribution in [2.45, 2.75) is 37.5 Å². The summed E-state index contributed by atoms with van der Waals surface area (Å²) >= 11 is 0. The second kappa shape index (κ2) is 9.49. The third-order valence-corrected chi connectivity index (χ3v) is 5.80. The number of alkyl halides is 3. The Morgan fingerprint density at radius 1 is 1.21 bits per heavy atom. The van der Waals surface area contributed by atoms with E-state index in [1.807, 2.05) is 0 Å². The number of hydrogen-bond donors (Lipinski definition) is 2. The molecule has 1 unspecified atom stereocenters. The first kappa shape index (κ1) is 23.8. The van der Waals surface area contributed by atoms with Crippen molar-refractivity contribution in [3.05, 3.63) is 47.8 Å². The van der Waals surface area contributed by atoms with Gasteiger partial charge in [-0.2, -0.15) is 13.2 Å². The van der Waals surface area contributed by atoms with Crippen LogP contribution in [0.4, 0.5) is 13.2 Å². The monoisotopic (exact) mass is 479 g/mol. The van der Waals surface area contributed by atoms with Crippen molar-refractivity contribution in [2.24, 2.45) is 5.92 Å². The summed E-state index contributed by atoms with van der Waals surface area (Å²) in [5, 5.41) is 5.59. The highest BCUT2D eigenvalue weighted by molar-refractivity contribution is 5.94. The molecule has 1 saturated heterocycles. The molecule has 1 saturated carbocycles. The minimum atomic E-state index is -4.62. The minimum Gasteiger partial charge on any atom is -0.497 e. The van der Waals surface area contributed by atoms with E-state index in [0.717, 1.165) is 6.07 Å². The summed E-state index contributed by atoms with van der Waals surface area (Å²) in [6.07, 6.45) is -1.59. The highest BCUT2D eigenvalue weighted by Gasteiger charge is 2.51. The number of amides is 2. The largest absolute Gasteiger partial charge is 0.497 e. The smallest absolute Gasteiger partial charge is 0.420 e. The number of nitrogens with one attached hydrogen (secondary N) is 2. The summed E-state index contributed by atoms with van der Waals surface area (Å²) in [5.41, 5.74) is -1.38. The van der Waals surface area contributed by atoms with Gasteiger partial charge >= 0.3 is 6.18 Å². The van der Waals surface area contributed by atoms with Crippen LogP contribution in [0.25, 0.3) is 0 Å². The van der Waals surface area contributed by atoms with E-state index in [4.69, 9.17) is 14.2 Å². The van der Waals surface area contributed by atoms with E-state index in [2.05, 4.69) is 15.6 Å². The predicted octanol–water partition coefficient (Wildman–Crippen LogP) is 3.20. The number of hydrogen-bond acceptors (Lipinski definition) is 6. The average Bonchev–Trinajstić information content (AvgIpc) is 3.38. The number of pyridine rings is 1. The number of rotatable bonds is 8. The highest BCUT2D eigenvalue weighted by Crippen LogP contribution is 2.40. The Bertz CT molecular complexity index is 1050. The number of halogens is 3. The Labute approximate surface area is 193 Å². The zero-order chi connectivity index (χ0) is 24.3. The molecule has 1 atom stereocenters. The van der Waals surface area contributed by atoms with Crippen molar-refractivity contribution in [2.75, 3.05) is 20.3 Å². The fraction of sp³-hybridized carbons (Fsp3) is 0.435. The molecule has 4 rings (SSSR count). The Hall–Kier alpha value is -3.34. The maximum Gasteiger partial charge on any atom is 0.420 e. The van der Waals surface area contributed by atoms with Crippen LogP contribution in [0.5, 0.6) is 17.2 Å². The van der Waals surface area contributed by atoms with Crippen molar-refractivity contribution in [1.29, 1.82) is 0 Å². The lowest BCUT2D eigenvalue weighted by molar-refractivity contribution is -0.138. The summed E-state index contributed by atoms with van der Waals surface area (Å²) in [6.45, 7) is 1.00. The van der Waals surface area contributed by atoms with Crippen molar-refractivity contribution >= 4 is 11.8 Å². The lowest BCUT2D eigenvalue weighted by atomic mass is 10.1. The quantitative estimate of drug-likeness (QED) is 0.604. The maximum absolute atomic E-state index is 13.4. The second-order valence-corrected chi connectivity index (χ2v) is 8.26. The molecular weight excluding hydrogens is 455 g/mol. The van der Waals surface area contributed by atoms with Crippen molar-refractivity contribution in [1.82, 2.24) is 15.6 Å². The standard InChI is InChI=1S/C23H24F3N3O5/c1-32-16-4-5-19(18(10-16)23(24,25)26)34-17-3-2-15(27-12-17)11-28-21(31)22(7-8-22)29-20(30)14-6-9-33-13-14/h2-5,10,12,14H,6-9,11,13H2,1H3,(H,28,31)(H,29,30). The van der Waals surface area contributed by atoms with Gasteiger partial charge in [-0.1, -0.05) is 0 Å². The van der Waals surface area contributed by atoms with Gasteiger partial charge in [-0.15, -0.1) is 0 Å². The van der Waals surface area contributed by atoms with Crippen LogP contribution >= 0.6 is 0 Å². The molecule has 0 spiro atoms. The molecule has 2 heterocycles. The molecule has 2 amide bonds. The third kappa shape index (κ3) is 5.41. The molecule has 1 aromatic heterocycles. The van der Waals surface area contributed by atoms with E-state index in [0.29, 0.717) is 38.2 Å². The summed E-state index contributed by atoms with van der Waals surface area (Å²) in [7, 11) is 1.28. The van der Waals surface area contributed by atoms with E-state index in [1.54, 1.807) is 6.07 Å². The second-order valence-electron chi connectivity index (χ2n) is 8.26. The van der Waals surface area contributed by atoms with Gasteiger partial charge in [0.25, 0.3) is 0 Å². The average molecular weight is 479 g/mol. The normalized spacial score (nSPS) is 18.8. The van der Waals surface area contributed by atoms with E-state index < -0.39 is 17.3 Å². The topological polar surface area (TPSA) is 98.8 Å². The van der Waals surface area contributed by atoms with Crippen molar-refractivity contribution < 1.29 is 37.0 Å². The maximum atomic E-state index is 13.4. The van der Waals surface area contributed by atoms with Gasteiger partial charge in [0.1, 0.15) is 28.4 Å². The Morgan fingerprint density at radius 2 is 1.97 bits per heavy atom. The summed E-state index contributed by atoms with van der Waals surface area (Å²) in [4.78, 5) is 29.1. The highest BCUT2D eigenvalue weighted by atomic mass is 19.4. The fourth-order valence-electron chi connectivity index (χ4n) is 3.60. The van der Waals surface area contributed by atoms with Gasteiger partial charge in [-0.3, -0.25) is 14.6 Å². The predicted molar refractivity (Wildman–Crippen MR) is 113 cm³/mol. The molecule has 2 aromatic rings. The molecule has 182 valence electrons. The fourth-order valence-corrected chi connectivity index (χ4v) is 3.60. The zero-order valence-corrected chi connectivity index (χ0v) is 18.4. The number of carbonyl (C=O) groups is 2. The van der Waals surface area contributed by atoms with Crippen LogP contribution in [0.1, 0.15) is 30.5 Å². The summed E-state index contributed by atoms with van der Waals surface area (Å²) < 4.78 is 55.5. The van der Waals surface area contributed by atoms with E-state index in [9.17, 15) is 22.8 Å². The number of carbonyl (C=O) groups excluding carboxylic acids is 2. The van der Waals surface area contributed by atoms with Gasteiger partial charge in [0, 0.05) is 6.61 Å². The third-order valence-electron chi connectivity index (χ3n) is 5.80. The number of benzene rings is 1. The first-order chi connectivity index (χ1) is 16.2. The molecule has 1 aromatic carbocycles. The Balaban J connectivity index is 1.34. The molecule has 1 aliphatic carbocycles. The Morgan fingerprint density at radius 3 is 2.56 bits per heavy atom. The molecule has 34 heavy (non-hydrogen) atoms. The molecule has 0 bridgehead atoms. The molecule has 1 aliphatic heterocycles. The van der Waals surface area contributed by atoms with Gasteiger partial charge in [-0.05, 0) is 49.6 Å². The van der Waals surface area contributed by atoms with Crippen LogP contribution in [0.2, 0.25) is 0 Å². The summed E-state index contributed by atoms with van der Waals surface area (Å²) in [5.74, 6) is -0.921. The zero-order valence-electron chi connectivity index (χ0n) is 18.4. The van der Waals surface area contributed by atoms with Gasteiger partial charge < -0.3 is 24.8 Å². The molecule has 0 radical (unpaired) electrons. The Kier molecular flexibility index (Phi) is 6.65. The molecule has 2 aliphatic rings. The van der Waals surface area contributed by atoms with Gasteiger partial charge in [0.15, 0.2) is 0 Å². The van der Waals surface area contributed by atoms with Crippen molar-refractivity contribution in [3.8, 4) is 17.2 Å². The summed E-state index contributed by atoms with van der Waals surface area (Å²) in [6, 6.07) is 6.41. The van der Waals surface area contributed by atoms with E-state index in [1.165, 1.54) is 31.5 Å². The lowest BCUT2D eigenvalue weighted by Gasteiger charge is -2.19. The van der Waals surface area contributed by atoms with E-state index in [-0.39, 0.29) is 41.5 Å². The van der Waals surface area contributed by atoms with Gasteiger partial charge in [-0.25, -0.2) is 0 Å². The van der Waals surface area contributed by atoms with Crippen LogP contribution in [0.15, 0.2) is 36.5 Å². The van der Waals surface area contributed by atoms with Crippen LogP contribution in [0, 0.1) is 5.92 Å². The molecule has 2 fully saturated rings. The minimum absolute atomic E-state index is 0.0603. The van der Waals surface area contributed by atoms with Crippen LogP contribution in [-0.2, 0) is 27.0 Å². The molecular formula is C23H24F3N3O5. The van der Waals surface area contributed by atoms with Crippen LogP contribution in [-0.4, -0.2) is 42.7 Å². The number of methoxy groups -OCH3 is 1. The van der Waals surface area contributed by atoms with Crippen LogP contribution < -0.4 is 20.1 Å². The molecule has 11 heteroatoms. The van der Waals surface area contributed by atoms with Crippen LogP contribution in [0.3, 0.4) is 0 Å². The van der Waals surface area contributed by atoms with Crippen molar-refractivity contribution in [3.63, 3.8) is 0 Å².